The number of ether oxygens (including phenoxy) is 1. The zero-order valence-electron chi connectivity index (χ0n) is 9.43. The molecule has 0 bridgehead atoms. The number of hydrogen-bond acceptors (Lipinski definition) is 5. The smallest absolute Gasteiger partial charge is 0.339 e. The Bertz CT molecular complexity index is 391. The second-order valence-corrected chi connectivity index (χ2v) is 3.96. The zero-order valence-corrected chi connectivity index (χ0v) is 9.43. The van der Waals surface area contributed by atoms with Crippen molar-refractivity contribution in [3.8, 4) is 0 Å². The van der Waals surface area contributed by atoms with E-state index in [4.69, 9.17) is 9.84 Å². The lowest BCUT2D eigenvalue weighted by Gasteiger charge is -2.23. The molecule has 6 heteroatoms. The summed E-state index contributed by atoms with van der Waals surface area (Å²) >= 11 is 0. The number of hydrogen-bond donors (Lipinski definition) is 2. The van der Waals surface area contributed by atoms with Gasteiger partial charge in [0.15, 0.2) is 0 Å². The van der Waals surface area contributed by atoms with Crippen LogP contribution in [0.15, 0.2) is 12.5 Å². The molecule has 2 heterocycles. The Morgan fingerprint density at radius 3 is 3.00 bits per heavy atom. The van der Waals surface area contributed by atoms with Gasteiger partial charge in [0, 0.05) is 32.0 Å². The van der Waals surface area contributed by atoms with Crippen LogP contribution in [0.5, 0.6) is 0 Å². The van der Waals surface area contributed by atoms with Gasteiger partial charge in [-0.1, -0.05) is 0 Å². The minimum atomic E-state index is -0.991. The van der Waals surface area contributed by atoms with Crippen molar-refractivity contribution in [2.75, 3.05) is 13.2 Å². The van der Waals surface area contributed by atoms with Crippen LogP contribution in [-0.4, -0.2) is 40.3 Å². The Morgan fingerprint density at radius 2 is 2.29 bits per heavy atom. The third-order valence-electron chi connectivity index (χ3n) is 2.80. The molecule has 0 atom stereocenters. The summed E-state index contributed by atoms with van der Waals surface area (Å²) in [7, 11) is 0. The number of carboxylic acids is 1. The summed E-state index contributed by atoms with van der Waals surface area (Å²) in [5, 5.41) is 12.3. The molecule has 1 aliphatic heterocycles. The third kappa shape index (κ3) is 3.21. The SMILES string of the molecule is O=C(O)c1cncnc1CNC1CCOCC1. The second-order valence-electron chi connectivity index (χ2n) is 3.96. The van der Waals surface area contributed by atoms with Gasteiger partial charge in [0.1, 0.15) is 11.9 Å². The lowest BCUT2D eigenvalue weighted by atomic mass is 10.1. The van der Waals surface area contributed by atoms with E-state index >= 15 is 0 Å². The molecule has 17 heavy (non-hydrogen) atoms. The van der Waals surface area contributed by atoms with Crippen molar-refractivity contribution in [1.29, 1.82) is 0 Å². The molecule has 2 rings (SSSR count). The van der Waals surface area contributed by atoms with Gasteiger partial charge in [-0.05, 0) is 12.8 Å². The summed E-state index contributed by atoms with van der Waals surface area (Å²) in [5.74, 6) is -0.991. The predicted molar refractivity (Wildman–Crippen MR) is 59.7 cm³/mol. The largest absolute Gasteiger partial charge is 0.478 e. The predicted octanol–water partition coefficient (Wildman–Crippen LogP) is 0.443. The molecule has 92 valence electrons. The number of rotatable bonds is 4. The third-order valence-corrected chi connectivity index (χ3v) is 2.80. The van der Waals surface area contributed by atoms with Crippen LogP contribution in [0.4, 0.5) is 0 Å². The average molecular weight is 237 g/mol. The van der Waals surface area contributed by atoms with E-state index < -0.39 is 5.97 Å². The maximum absolute atomic E-state index is 10.9. The van der Waals surface area contributed by atoms with Gasteiger partial charge < -0.3 is 15.2 Å². The van der Waals surface area contributed by atoms with E-state index in [-0.39, 0.29) is 5.56 Å². The highest BCUT2D eigenvalue weighted by Crippen LogP contribution is 2.09. The molecule has 0 aliphatic carbocycles. The van der Waals surface area contributed by atoms with E-state index in [1.165, 1.54) is 12.5 Å². The molecule has 0 spiro atoms. The van der Waals surface area contributed by atoms with Gasteiger partial charge >= 0.3 is 5.97 Å². The Balaban J connectivity index is 1.96. The molecule has 0 unspecified atom stereocenters. The van der Waals surface area contributed by atoms with E-state index in [1.54, 1.807) is 0 Å². The number of carboxylic acid groups (broad SMARTS) is 1. The fraction of sp³-hybridized carbons (Fsp3) is 0.545. The van der Waals surface area contributed by atoms with Crippen molar-refractivity contribution >= 4 is 5.97 Å². The van der Waals surface area contributed by atoms with E-state index in [2.05, 4.69) is 15.3 Å². The number of nitrogens with zero attached hydrogens (tertiary/aromatic N) is 2. The fourth-order valence-corrected chi connectivity index (χ4v) is 1.82. The van der Waals surface area contributed by atoms with Gasteiger partial charge in [-0.2, -0.15) is 0 Å². The van der Waals surface area contributed by atoms with Crippen LogP contribution in [0.1, 0.15) is 28.9 Å². The molecule has 0 amide bonds. The van der Waals surface area contributed by atoms with E-state index in [0.717, 1.165) is 26.1 Å². The van der Waals surface area contributed by atoms with Gasteiger partial charge in [0.2, 0.25) is 0 Å². The molecular formula is C11H15N3O3. The highest BCUT2D eigenvalue weighted by atomic mass is 16.5. The maximum atomic E-state index is 10.9. The summed E-state index contributed by atoms with van der Waals surface area (Å²) in [6.45, 7) is 1.97. The standard InChI is InChI=1S/C11H15N3O3/c15-11(16)9-5-12-7-14-10(9)6-13-8-1-3-17-4-2-8/h5,7-8,13H,1-4,6H2,(H,15,16). The van der Waals surface area contributed by atoms with Crippen molar-refractivity contribution in [2.45, 2.75) is 25.4 Å². The molecule has 1 saturated heterocycles. The van der Waals surface area contributed by atoms with Crippen LogP contribution in [0.2, 0.25) is 0 Å². The van der Waals surface area contributed by atoms with Gasteiger partial charge in [-0.15, -0.1) is 0 Å². The van der Waals surface area contributed by atoms with Gasteiger partial charge in [-0.25, -0.2) is 14.8 Å². The molecule has 0 saturated carbocycles. The molecule has 2 N–H and O–H groups in total. The quantitative estimate of drug-likeness (QED) is 0.790. The normalized spacial score (nSPS) is 16.9. The summed E-state index contributed by atoms with van der Waals surface area (Å²) in [6.07, 6.45) is 4.60. The molecule has 0 radical (unpaired) electrons. The minimum absolute atomic E-state index is 0.159. The Kier molecular flexibility index (Phi) is 4.00. The second kappa shape index (κ2) is 5.70. The average Bonchev–Trinajstić information content (AvgIpc) is 2.38. The van der Waals surface area contributed by atoms with Crippen LogP contribution in [0.25, 0.3) is 0 Å². The monoisotopic (exact) mass is 237 g/mol. The summed E-state index contributed by atoms with van der Waals surface area (Å²) in [5.41, 5.74) is 0.686. The van der Waals surface area contributed by atoms with Crippen molar-refractivity contribution in [3.05, 3.63) is 23.8 Å². The molecule has 1 aromatic heterocycles. The summed E-state index contributed by atoms with van der Waals surface area (Å²) in [6, 6.07) is 0.375. The van der Waals surface area contributed by atoms with E-state index in [9.17, 15) is 4.79 Å². The van der Waals surface area contributed by atoms with Crippen LogP contribution in [0.3, 0.4) is 0 Å². The molecule has 1 aromatic rings. The van der Waals surface area contributed by atoms with Crippen LogP contribution in [0, 0.1) is 0 Å². The number of aromatic nitrogens is 2. The minimum Gasteiger partial charge on any atom is -0.478 e. The first-order chi connectivity index (χ1) is 8.27. The van der Waals surface area contributed by atoms with Crippen molar-refractivity contribution in [1.82, 2.24) is 15.3 Å². The number of aromatic carboxylic acids is 1. The maximum Gasteiger partial charge on any atom is 0.339 e. The molecule has 0 aromatic carbocycles. The molecular weight excluding hydrogens is 222 g/mol. The summed E-state index contributed by atoms with van der Waals surface area (Å²) < 4.78 is 5.25. The Hall–Kier alpha value is -1.53. The lowest BCUT2D eigenvalue weighted by molar-refractivity contribution is 0.0691. The van der Waals surface area contributed by atoms with Crippen LogP contribution < -0.4 is 5.32 Å². The fourth-order valence-electron chi connectivity index (χ4n) is 1.82. The first kappa shape index (κ1) is 11.9. The number of carbonyl (C=O) groups is 1. The first-order valence-electron chi connectivity index (χ1n) is 5.60. The first-order valence-corrected chi connectivity index (χ1v) is 5.60. The van der Waals surface area contributed by atoms with Crippen molar-refractivity contribution in [3.63, 3.8) is 0 Å². The Morgan fingerprint density at radius 1 is 1.53 bits per heavy atom. The number of nitrogens with one attached hydrogen (secondary N) is 1. The van der Waals surface area contributed by atoms with E-state index in [1.807, 2.05) is 0 Å². The zero-order chi connectivity index (χ0) is 12.1. The van der Waals surface area contributed by atoms with Gasteiger partial charge in [0.25, 0.3) is 0 Å². The van der Waals surface area contributed by atoms with Crippen molar-refractivity contribution in [2.24, 2.45) is 0 Å². The van der Waals surface area contributed by atoms with Crippen LogP contribution in [-0.2, 0) is 11.3 Å². The summed E-state index contributed by atoms with van der Waals surface area (Å²) in [4.78, 5) is 18.7. The van der Waals surface area contributed by atoms with Gasteiger partial charge in [-0.3, -0.25) is 0 Å². The highest BCUT2D eigenvalue weighted by molar-refractivity contribution is 5.88. The molecule has 6 nitrogen and oxygen atoms in total. The highest BCUT2D eigenvalue weighted by Gasteiger charge is 2.15. The topological polar surface area (TPSA) is 84.3 Å². The van der Waals surface area contributed by atoms with Crippen molar-refractivity contribution < 1.29 is 14.6 Å². The Labute approximate surface area is 99.0 Å². The molecule has 1 fully saturated rings. The van der Waals surface area contributed by atoms with Gasteiger partial charge in [0.05, 0.1) is 5.69 Å². The lowest BCUT2D eigenvalue weighted by Crippen LogP contribution is -2.34. The molecule has 1 aliphatic rings. The van der Waals surface area contributed by atoms with E-state index in [0.29, 0.717) is 18.3 Å². The van der Waals surface area contributed by atoms with Crippen LogP contribution >= 0.6 is 0 Å².